The molecular weight excluding hydrogens is 365 g/mol. The van der Waals surface area contributed by atoms with Gasteiger partial charge in [0.2, 0.25) is 0 Å². The minimum atomic E-state index is -4.28. The van der Waals surface area contributed by atoms with E-state index in [9.17, 15) is 18.0 Å². The number of amides is 1. The summed E-state index contributed by atoms with van der Waals surface area (Å²) in [5.41, 5.74) is 0.650. The average Bonchev–Trinajstić information content (AvgIpc) is 3.51. The number of halogens is 3. The van der Waals surface area contributed by atoms with Crippen LogP contribution in [0.15, 0.2) is 24.3 Å². The van der Waals surface area contributed by atoms with E-state index in [0.29, 0.717) is 17.9 Å². The van der Waals surface area contributed by atoms with Gasteiger partial charge in [-0.15, -0.1) is 0 Å². The van der Waals surface area contributed by atoms with Gasteiger partial charge < -0.3 is 4.90 Å². The monoisotopic (exact) mass is 392 g/mol. The van der Waals surface area contributed by atoms with E-state index in [2.05, 4.69) is 6.07 Å². The van der Waals surface area contributed by atoms with Crippen LogP contribution in [0.4, 0.5) is 13.2 Å². The highest BCUT2D eigenvalue weighted by molar-refractivity contribution is 5.95. The highest BCUT2D eigenvalue weighted by Crippen LogP contribution is 2.38. The van der Waals surface area contributed by atoms with Gasteiger partial charge in [0.1, 0.15) is 0 Å². The number of benzene rings is 1. The maximum Gasteiger partial charge on any atom is 0.395 e. The molecule has 3 nitrogen and oxygen atoms in total. The van der Waals surface area contributed by atoms with E-state index >= 15 is 0 Å². The molecule has 0 saturated heterocycles. The minimum absolute atomic E-state index is 0.0609. The van der Waals surface area contributed by atoms with Crippen molar-refractivity contribution in [1.82, 2.24) is 4.90 Å². The van der Waals surface area contributed by atoms with Crippen molar-refractivity contribution < 1.29 is 18.0 Å². The standard InChI is InChI=1S/C22H27F3N2O/c1-15(22(23,24)25)17-6-8-18(9-7-17)21(28)27(20-12-13-20)19-10-4-16(5-11-19)3-2-14-26/h6-9,15-16,19-20H,2-5,10-13H2,1H3. The first-order valence-corrected chi connectivity index (χ1v) is 10.2. The molecule has 0 aliphatic heterocycles. The Labute approximate surface area is 164 Å². The van der Waals surface area contributed by atoms with Gasteiger partial charge in [-0.3, -0.25) is 4.79 Å². The van der Waals surface area contributed by atoms with Gasteiger partial charge in [-0.1, -0.05) is 12.1 Å². The molecule has 1 atom stereocenters. The Kier molecular flexibility index (Phi) is 6.32. The van der Waals surface area contributed by atoms with E-state index in [1.807, 2.05) is 4.90 Å². The lowest BCUT2D eigenvalue weighted by Gasteiger charge is -2.37. The number of hydrogen-bond donors (Lipinski definition) is 0. The number of nitrogens with zero attached hydrogens (tertiary/aromatic N) is 2. The van der Waals surface area contributed by atoms with Crippen LogP contribution in [0.25, 0.3) is 0 Å². The van der Waals surface area contributed by atoms with Crippen molar-refractivity contribution in [1.29, 1.82) is 5.26 Å². The van der Waals surface area contributed by atoms with E-state index in [1.165, 1.54) is 24.3 Å². The molecule has 1 aromatic carbocycles. The van der Waals surface area contributed by atoms with Gasteiger partial charge in [0, 0.05) is 24.1 Å². The number of hydrogen-bond acceptors (Lipinski definition) is 2. The third kappa shape index (κ3) is 4.87. The lowest BCUT2D eigenvalue weighted by atomic mass is 9.82. The smallest absolute Gasteiger partial charge is 0.333 e. The Hall–Kier alpha value is -2.03. The van der Waals surface area contributed by atoms with Gasteiger partial charge in [-0.05, 0) is 75.5 Å². The SMILES string of the molecule is CC(c1ccc(C(=O)N(C2CCC(CCC#N)CC2)C2CC2)cc1)C(F)(F)F. The molecule has 0 spiro atoms. The molecule has 2 fully saturated rings. The van der Waals surface area contributed by atoms with Crippen LogP contribution in [0.5, 0.6) is 0 Å². The average molecular weight is 392 g/mol. The Morgan fingerprint density at radius 3 is 2.11 bits per heavy atom. The van der Waals surface area contributed by atoms with Crippen molar-refractivity contribution in [2.24, 2.45) is 5.92 Å². The topological polar surface area (TPSA) is 44.1 Å². The molecule has 1 aromatic rings. The Balaban J connectivity index is 1.67. The molecule has 1 unspecified atom stereocenters. The number of carbonyl (C=O) groups excluding carboxylic acids is 1. The van der Waals surface area contributed by atoms with Crippen LogP contribution >= 0.6 is 0 Å². The van der Waals surface area contributed by atoms with Gasteiger partial charge in [-0.2, -0.15) is 18.4 Å². The van der Waals surface area contributed by atoms with Crippen LogP contribution in [0.1, 0.15) is 80.1 Å². The van der Waals surface area contributed by atoms with E-state index in [1.54, 1.807) is 0 Å². The molecule has 2 aliphatic carbocycles. The summed E-state index contributed by atoms with van der Waals surface area (Å²) in [6.07, 6.45) is 3.20. The number of carbonyl (C=O) groups is 1. The van der Waals surface area contributed by atoms with Gasteiger partial charge in [0.15, 0.2) is 0 Å². The van der Waals surface area contributed by atoms with Crippen molar-refractivity contribution in [3.63, 3.8) is 0 Å². The van der Waals surface area contributed by atoms with Gasteiger partial charge in [0.05, 0.1) is 12.0 Å². The fraction of sp³-hybridized carbons (Fsp3) is 0.636. The molecular formula is C22H27F3N2O. The quantitative estimate of drug-likeness (QED) is 0.612. The van der Waals surface area contributed by atoms with E-state index in [-0.39, 0.29) is 23.6 Å². The summed E-state index contributed by atoms with van der Waals surface area (Å²) < 4.78 is 38.7. The maximum absolute atomic E-state index is 13.1. The highest BCUT2D eigenvalue weighted by Gasteiger charge is 2.40. The van der Waals surface area contributed by atoms with Gasteiger partial charge >= 0.3 is 6.18 Å². The van der Waals surface area contributed by atoms with Crippen LogP contribution in [-0.4, -0.2) is 29.1 Å². The lowest BCUT2D eigenvalue weighted by Crippen LogP contribution is -2.44. The molecule has 0 radical (unpaired) electrons. The molecule has 0 aromatic heterocycles. The zero-order valence-corrected chi connectivity index (χ0v) is 16.2. The predicted molar refractivity (Wildman–Crippen MR) is 101 cm³/mol. The molecule has 152 valence electrons. The van der Waals surface area contributed by atoms with Gasteiger partial charge in [0.25, 0.3) is 5.91 Å². The second-order valence-corrected chi connectivity index (χ2v) is 8.20. The van der Waals surface area contributed by atoms with Crippen LogP contribution in [0, 0.1) is 17.2 Å². The molecule has 2 aliphatic rings. The van der Waals surface area contributed by atoms with E-state index in [0.717, 1.165) is 51.9 Å². The van der Waals surface area contributed by atoms with E-state index in [4.69, 9.17) is 5.26 Å². The van der Waals surface area contributed by atoms with Crippen molar-refractivity contribution >= 4 is 5.91 Å². The third-order valence-corrected chi connectivity index (χ3v) is 6.20. The highest BCUT2D eigenvalue weighted by atomic mass is 19.4. The Morgan fingerprint density at radius 1 is 1.11 bits per heavy atom. The number of nitriles is 1. The van der Waals surface area contributed by atoms with Crippen molar-refractivity contribution in [2.45, 2.75) is 82.5 Å². The van der Waals surface area contributed by atoms with Crippen LogP contribution in [-0.2, 0) is 0 Å². The number of rotatable bonds is 6. The second-order valence-electron chi connectivity index (χ2n) is 8.20. The fourth-order valence-electron chi connectivity index (χ4n) is 4.22. The van der Waals surface area contributed by atoms with Crippen molar-refractivity contribution in [3.05, 3.63) is 35.4 Å². The largest absolute Gasteiger partial charge is 0.395 e. The van der Waals surface area contributed by atoms with E-state index < -0.39 is 12.1 Å². The minimum Gasteiger partial charge on any atom is -0.333 e. The molecule has 2 saturated carbocycles. The Bertz CT molecular complexity index is 711. The maximum atomic E-state index is 13.1. The fourth-order valence-corrected chi connectivity index (χ4v) is 4.22. The van der Waals surface area contributed by atoms with Crippen LogP contribution in [0.3, 0.4) is 0 Å². The molecule has 1 amide bonds. The molecule has 6 heteroatoms. The number of alkyl halides is 3. The molecule has 0 heterocycles. The first kappa shape index (κ1) is 20.7. The second kappa shape index (κ2) is 8.55. The molecule has 3 rings (SSSR count). The summed E-state index contributed by atoms with van der Waals surface area (Å²) >= 11 is 0. The van der Waals surface area contributed by atoms with Crippen LogP contribution in [0.2, 0.25) is 0 Å². The van der Waals surface area contributed by atoms with Crippen molar-refractivity contribution in [2.75, 3.05) is 0 Å². The summed E-state index contributed by atoms with van der Waals surface area (Å²) in [5.74, 6) is -1.04. The normalized spacial score (nSPS) is 23.7. The zero-order valence-electron chi connectivity index (χ0n) is 16.2. The molecule has 0 bridgehead atoms. The van der Waals surface area contributed by atoms with Crippen molar-refractivity contribution in [3.8, 4) is 6.07 Å². The summed E-state index contributed by atoms with van der Waals surface area (Å²) in [5, 5.41) is 8.75. The molecule has 0 N–H and O–H groups in total. The lowest BCUT2D eigenvalue weighted by molar-refractivity contribution is -0.146. The summed E-state index contributed by atoms with van der Waals surface area (Å²) in [6.45, 7) is 1.14. The first-order valence-electron chi connectivity index (χ1n) is 10.2. The zero-order chi connectivity index (χ0) is 20.3. The van der Waals surface area contributed by atoms with Gasteiger partial charge in [-0.25, -0.2) is 0 Å². The molecule has 28 heavy (non-hydrogen) atoms. The first-order chi connectivity index (χ1) is 13.3. The summed E-state index contributed by atoms with van der Waals surface area (Å²) in [6, 6.07) is 8.59. The summed E-state index contributed by atoms with van der Waals surface area (Å²) in [7, 11) is 0. The van der Waals surface area contributed by atoms with Crippen LogP contribution < -0.4 is 0 Å². The summed E-state index contributed by atoms with van der Waals surface area (Å²) in [4.78, 5) is 15.1. The predicted octanol–water partition coefficient (Wildman–Crippen LogP) is 5.82. The Morgan fingerprint density at radius 2 is 1.64 bits per heavy atom. The third-order valence-electron chi connectivity index (χ3n) is 6.20.